The zero-order valence-electron chi connectivity index (χ0n) is 11.4. The smallest absolute Gasteiger partial charge is 0.137 e. The van der Waals surface area contributed by atoms with Gasteiger partial charge in [-0.1, -0.05) is 17.3 Å². The lowest BCUT2D eigenvalue weighted by Gasteiger charge is -1.98. The van der Waals surface area contributed by atoms with Gasteiger partial charge in [0.25, 0.3) is 0 Å². The van der Waals surface area contributed by atoms with Gasteiger partial charge < -0.3 is 10.3 Å². The van der Waals surface area contributed by atoms with Crippen molar-refractivity contribution in [3.63, 3.8) is 0 Å². The van der Waals surface area contributed by atoms with Crippen LogP contribution in [0.1, 0.15) is 22.0 Å². The highest BCUT2D eigenvalue weighted by Crippen LogP contribution is 2.26. The number of aromatic nitrogens is 2. The molecule has 4 nitrogen and oxygen atoms in total. The second-order valence-corrected chi connectivity index (χ2v) is 5.67. The summed E-state index contributed by atoms with van der Waals surface area (Å²) >= 11 is 1.64. The second kappa shape index (κ2) is 5.09. The summed E-state index contributed by atoms with van der Waals surface area (Å²) in [5.41, 5.74) is 10.6. The predicted octanol–water partition coefficient (Wildman–Crippen LogP) is 3.59. The van der Waals surface area contributed by atoms with Crippen LogP contribution in [0.25, 0.3) is 11.3 Å². The maximum Gasteiger partial charge on any atom is 0.137 e. The molecule has 2 aromatic heterocycles. The van der Waals surface area contributed by atoms with Gasteiger partial charge in [0.05, 0.1) is 16.4 Å². The molecule has 3 aromatic rings. The molecule has 0 unspecified atom stereocenters. The minimum absolute atomic E-state index is 0.753. The molecule has 5 heteroatoms. The number of nitrogens with two attached hydrogens (primary N) is 1. The van der Waals surface area contributed by atoms with E-state index < -0.39 is 0 Å². The van der Waals surface area contributed by atoms with Gasteiger partial charge >= 0.3 is 0 Å². The first-order chi connectivity index (χ1) is 9.63. The van der Waals surface area contributed by atoms with Crippen LogP contribution in [0.15, 0.2) is 34.2 Å². The van der Waals surface area contributed by atoms with Gasteiger partial charge in [-0.25, -0.2) is 4.98 Å². The Kier molecular flexibility index (Phi) is 3.28. The third-order valence-electron chi connectivity index (χ3n) is 3.24. The lowest BCUT2D eigenvalue weighted by molar-refractivity contribution is 0.392. The van der Waals surface area contributed by atoms with E-state index >= 15 is 0 Å². The van der Waals surface area contributed by atoms with E-state index in [1.807, 2.05) is 38.1 Å². The summed E-state index contributed by atoms with van der Waals surface area (Å²) in [5, 5.41) is 7.08. The Bertz CT molecular complexity index is 726. The third-order valence-corrected chi connectivity index (χ3v) is 4.09. The zero-order valence-corrected chi connectivity index (χ0v) is 12.2. The normalized spacial score (nSPS) is 10.9. The van der Waals surface area contributed by atoms with Gasteiger partial charge in [-0.05, 0) is 26.0 Å². The van der Waals surface area contributed by atoms with E-state index in [0.29, 0.717) is 0 Å². The van der Waals surface area contributed by atoms with E-state index in [1.165, 1.54) is 0 Å². The van der Waals surface area contributed by atoms with E-state index in [-0.39, 0.29) is 0 Å². The molecule has 0 atom stereocenters. The van der Waals surface area contributed by atoms with E-state index in [4.69, 9.17) is 10.3 Å². The van der Waals surface area contributed by atoms with Crippen LogP contribution in [-0.4, -0.2) is 10.1 Å². The first-order valence-corrected chi connectivity index (χ1v) is 7.23. The van der Waals surface area contributed by atoms with Gasteiger partial charge in [0.15, 0.2) is 0 Å². The summed E-state index contributed by atoms with van der Waals surface area (Å²) < 4.78 is 5.18. The van der Waals surface area contributed by atoms with Crippen molar-refractivity contribution >= 4 is 17.0 Å². The SMILES string of the molecule is Cc1noc(C)c1Cc1nc(-c2cccc(N)c2)cs1. The predicted molar refractivity (Wildman–Crippen MR) is 80.7 cm³/mol. The highest BCUT2D eigenvalue weighted by atomic mass is 32.1. The molecule has 3 rings (SSSR count). The lowest BCUT2D eigenvalue weighted by Crippen LogP contribution is -1.91. The molecule has 0 fully saturated rings. The highest BCUT2D eigenvalue weighted by molar-refractivity contribution is 7.10. The average Bonchev–Trinajstić information content (AvgIpc) is 3.01. The molecule has 0 spiro atoms. The maximum absolute atomic E-state index is 5.81. The molecule has 102 valence electrons. The van der Waals surface area contributed by atoms with Crippen molar-refractivity contribution in [1.29, 1.82) is 0 Å². The quantitative estimate of drug-likeness (QED) is 0.747. The summed E-state index contributed by atoms with van der Waals surface area (Å²) in [7, 11) is 0. The van der Waals surface area contributed by atoms with Crippen LogP contribution < -0.4 is 5.73 Å². The van der Waals surface area contributed by atoms with Gasteiger partial charge in [-0.3, -0.25) is 0 Å². The van der Waals surface area contributed by atoms with Crippen LogP contribution in [0, 0.1) is 13.8 Å². The molecule has 0 aliphatic rings. The van der Waals surface area contributed by atoms with Crippen molar-refractivity contribution < 1.29 is 4.52 Å². The van der Waals surface area contributed by atoms with Gasteiger partial charge in [0.1, 0.15) is 5.76 Å². The van der Waals surface area contributed by atoms with Gasteiger partial charge in [0.2, 0.25) is 0 Å². The molecule has 0 saturated carbocycles. The van der Waals surface area contributed by atoms with Crippen LogP contribution in [0.4, 0.5) is 5.69 Å². The molecule has 2 N–H and O–H groups in total. The van der Waals surface area contributed by atoms with Crippen molar-refractivity contribution in [1.82, 2.24) is 10.1 Å². The Balaban J connectivity index is 1.88. The fraction of sp³-hybridized carbons (Fsp3) is 0.200. The number of thiazole rings is 1. The first-order valence-electron chi connectivity index (χ1n) is 6.35. The molecular formula is C15H15N3OS. The number of aryl methyl sites for hydroxylation is 2. The largest absolute Gasteiger partial charge is 0.399 e. The number of hydrogen-bond acceptors (Lipinski definition) is 5. The van der Waals surface area contributed by atoms with Crippen LogP contribution in [0.5, 0.6) is 0 Å². The summed E-state index contributed by atoms with van der Waals surface area (Å²) in [4.78, 5) is 4.67. The molecule has 1 aromatic carbocycles. The Morgan fingerprint density at radius 2 is 2.15 bits per heavy atom. The van der Waals surface area contributed by atoms with Crippen molar-refractivity contribution in [3.8, 4) is 11.3 Å². The number of anilines is 1. The van der Waals surface area contributed by atoms with Crippen LogP contribution >= 0.6 is 11.3 Å². The first kappa shape index (κ1) is 12.9. The van der Waals surface area contributed by atoms with Crippen molar-refractivity contribution in [2.75, 3.05) is 5.73 Å². The van der Waals surface area contributed by atoms with E-state index in [0.717, 1.165) is 45.4 Å². The number of rotatable bonds is 3. The summed E-state index contributed by atoms with van der Waals surface area (Å²) in [6.07, 6.45) is 0.758. The fourth-order valence-corrected chi connectivity index (χ4v) is 2.94. The van der Waals surface area contributed by atoms with Gasteiger partial charge in [-0.2, -0.15) is 0 Å². The topological polar surface area (TPSA) is 64.9 Å². The Morgan fingerprint density at radius 3 is 2.85 bits per heavy atom. The van der Waals surface area contributed by atoms with Crippen molar-refractivity contribution in [2.45, 2.75) is 20.3 Å². The molecule has 0 saturated heterocycles. The number of nitrogens with zero attached hydrogens (tertiary/aromatic N) is 2. The van der Waals surface area contributed by atoms with Gasteiger partial charge in [0, 0.05) is 28.6 Å². The average molecular weight is 285 g/mol. The Morgan fingerprint density at radius 1 is 1.30 bits per heavy atom. The Hall–Kier alpha value is -2.14. The van der Waals surface area contributed by atoms with Crippen molar-refractivity contribution in [3.05, 3.63) is 51.7 Å². The number of nitrogen functional groups attached to an aromatic ring is 1. The molecule has 0 radical (unpaired) electrons. The van der Waals surface area contributed by atoms with Crippen molar-refractivity contribution in [2.24, 2.45) is 0 Å². The standard InChI is InChI=1S/C15H15N3OS/c1-9-13(10(2)19-18-9)7-15-17-14(8-20-15)11-4-3-5-12(16)6-11/h3-6,8H,7,16H2,1-2H3. The number of hydrogen-bond donors (Lipinski definition) is 1. The Labute approximate surface area is 121 Å². The van der Waals surface area contributed by atoms with Crippen LogP contribution in [0.3, 0.4) is 0 Å². The lowest BCUT2D eigenvalue weighted by atomic mass is 10.1. The molecular weight excluding hydrogens is 270 g/mol. The monoisotopic (exact) mass is 285 g/mol. The number of benzene rings is 1. The third kappa shape index (κ3) is 2.44. The minimum Gasteiger partial charge on any atom is -0.399 e. The van der Waals surface area contributed by atoms with E-state index in [1.54, 1.807) is 11.3 Å². The molecule has 0 aliphatic heterocycles. The van der Waals surface area contributed by atoms with E-state index in [9.17, 15) is 0 Å². The van der Waals surface area contributed by atoms with E-state index in [2.05, 4.69) is 15.5 Å². The fourth-order valence-electron chi connectivity index (χ4n) is 2.13. The summed E-state index contributed by atoms with van der Waals surface area (Å²) in [5.74, 6) is 0.864. The maximum atomic E-state index is 5.81. The molecule has 0 bridgehead atoms. The second-order valence-electron chi connectivity index (χ2n) is 4.73. The highest BCUT2D eigenvalue weighted by Gasteiger charge is 2.12. The zero-order chi connectivity index (χ0) is 14.1. The summed E-state index contributed by atoms with van der Waals surface area (Å²) in [6, 6.07) is 7.78. The molecule has 0 aliphatic carbocycles. The summed E-state index contributed by atoms with van der Waals surface area (Å²) in [6.45, 7) is 3.89. The minimum atomic E-state index is 0.753. The van der Waals surface area contributed by atoms with Crippen LogP contribution in [-0.2, 0) is 6.42 Å². The molecule has 0 amide bonds. The van der Waals surface area contributed by atoms with Crippen LogP contribution in [0.2, 0.25) is 0 Å². The van der Waals surface area contributed by atoms with Gasteiger partial charge in [-0.15, -0.1) is 11.3 Å². The molecule has 20 heavy (non-hydrogen) atoms. The molecule has 2 heterocycles.